The first-order chi connectivity index (χ1) is 16.4. The number of ether oxygens (including phenoxy) is 2. The van der Waals surface area contributed by atoms with E-state index in [0.717, 1.165) is 12.1 Å². The van der Waals surface area contributed by atoms with E-state index in [2.05, 4.69) is 0 Å². The lowest BCUT2D eigenvalue weighted by atomic mass is 9.88. The quantitative estimate of drug-likeness (QED) is 0.452. The maximum atomic E-state index is 16.9. The Bertz CT molecular complexity index is 1150. The Labute approximate surface area is 200 Å². The van der Waals surface area contributed by atoms with Gasteiger partial charge in [-0.3, -0.25) is 9.69 Å². The number of hydrogen-bond acceptors (Lipinski definition) is 7. The highest BCUT2D eigenvalue weighted by Crippen LogP contribution is 2.53. The second-order valence-corrected chi connectivity index (χ2v) is 8.56. The van der Waals surface area contributed by atoms with Crippen LogP contribution in [0.15, 0.2) is 36.4 Å². The summed E-state index contributed by atoms with van der Waals surface area (Å²) < 4.78 is 67.9. The van der Waals surface area contributed by atoms with E-state index in [1.807, 2.05) is 0 Å². The molecule has 2 aliphatic rings. The number of carbonyl (C=O) groups excluding carboxylic acids is 1. The van der Waals surface area contributed by atoms with Gasteiger partial charge in [-0.05, 0) is 30.3 Å². The van der Waals surface area contributed by atoms with E-state index < -0.39 is 77.4 Å². The Balaban J connectivity index is 1.95. The fourth-order valence-electron chi connectivity index (χ4n) is 4.35. The van der Waals surface area contributed by atoms with Crippen molar-refractivity contribution in [1.29, 1.82) is 0 Å². The summed E-state index contributed by atoms with van der Waals surface area (Å²) in [6.07, 6.45) is -14.2. The highest BCUT2D eigenvalue weighted by molar-refractivity contribution is 6.30. The Morgan fingerprint density at radius 3 is 2.37 bits per heavy atom. The molecule has 4 rings (SSSR count). The summed E-state index contributed by atoms with van der Waals surface area (Å²) in [6.45, 7) is -0.873. The average molecular weight is 522 g/mol. The molecule has 1 saturated heterocycles. The van der Waals surface area contributed by atoms with Crippen molar-refractivity contribution >= 4 is 23.2 Å². The monoisotopic (exact) mass is 521 g/mol. The third-order valence-corrected chi connectivity index (χ3v) is 6.36. The number of hydrogen-bond donors (Lipinski definition) is 4. The zero-order chi connectivity index (χ0) is 25.9. The van der Waals surface area contributed by atoms with E-state index in [4.69, 9.17) is 21.1 Å². The number of aliphatic hydroxyl groups excluding tert-OH is 4. The van der Waals surface area contributed by atoms with Crippen LogP contribution >= 0.6 is 11.6 Å². The predicted octanol–water partition coefficient (Wildman–Crippen LogP) is 1.73. The second kappa shape index (κ2) is 8.87. The summed E-state index contributed by atoms with van der Waals surface area (Å²) in [5, 5.41) is 40.3. The van der Waals surface area contributed by atoms with Crippen molar-refractivity contribution in [1.82, 2.24) is 0 Å². The standard InChI is InChI=1S/C22H20ClF4NO7/c1-34-14-5-3-10(23)7-12(14)21(24)11-4-2-9(22(25,26)27)6-13(11)28(20(21)33)19-18(32)17(31)16(30)15(8-29)35-19/h2-7,15-19,29-32H,8H2,1H3/t15-,16-,17+,18-,19-,21+/m1/s1. The number of rotatable bonds is 4. The van der Waals surface area contributed by atoms with Crippen molar-refractivity contribution < 1.29 is 52.3 Å². The maximum Gasteiger partial charge on any atom is 0.416 e. The first-order valence-corrected chi connectivity index (χ1v) is 10.6. The van der Waals surface area contributed by atoms with E-state index in [9.17, 15) is 38.4 Å². The molecule has 0 radical (unpaired) electrons. The number of anilines is 1. The smallest absolute Gasteiger partial charge is 0.416 e. The van der Waals surface area contributed by atoms with Crippen LogP contribution in [0.2, 0.25) is 5.02 Å². The van der Waals surface area contributed by atoms with Gasteiger partial charge in [0.15, 0.2) is 6.23 Å². The lowest BCUT2D eigenvalue weighted by Crippen LogP contribution is -2.64. The van der Waals surface area contributed by atoms with Crippen molar-refractivity contribution in [2.75, 3.05) is 18.6 Å². The molecule has 4 N–H and O–H groups in total. The Hall–Kier alpha value is -2.48. The normalized spacial score (nSPS) is 31.0. The number of alkyl halides is 4. The minimum Gasteiger partial charge on any atom is -0.496 e. The Morgan fingerprint density at radius 2 is 1.77 bits per heavy atom. The molecule has 1 amide bonds. The number of halogens is 5. The fourth-order valence-corrected chi connectivity index (χ4v) is 4.52. The third kappa shape index (κ3) is 3.94. The van der Waals surface area contributed by atoms with Crippen LogP contribution in [-0.2, 0) is 21.4 Å². The summed E-state index contributed by atoms with van der Waals surface area (Å²) in [5.41, 5.74) is -5.88. The lowest BCUT2D eigenvalue weighted by molar-refractivity contribution is -0.228. The number of carbonyl (C=O) groups is 1. The molecule has 0 aromatic heterocycles. The van der Waals surface area contributed by atoms with Gasteiger partial charge in [0.05, 0.1) is 25.0 Å². The summed E-state index contributed by atoms with van der Waals surface area (Å²) in [6, 6.07) is 5.58. The molecule has 35 heavy (non-hydrogen) atoms. The maximum absolute atomic E-state index is 16.9. The van der Waals surface area contributed by atoms with Crippen LogP contribution in [0, 0.1) is 0 Å². The fraction of sp³-hybridized carbons (Fsp3) is 0.409. The SMILES string of the molecule is COc1ccc(Cl)cc1[C@]1(F)C(=O)N([C@@H]2O[C@H](CO)[C@@H](O)[C@H](O)[C@H]2O)c2cc(C(F)(F)F)ccc21. The zero-order valence-electron chi connectivity index (χ0n) is 17.9. The molecule has 190 valence electrons. The molecule has 0 saturated carbocycles. The van der Waals surface area contributed by atoms with Gasteiger partial charge in [0.1, 0.15) is 30.2 Å². The van der Waals surface area contributed by atoms with Gasteiger partial charge >= 0.3 is 6.18 Å². The summed E-state index contributed by atoms with van der Waals surface area (Å²) in [5.74, 6) is -1.59. The molecule has 2 aliphatic heterocycles. The Morgan fingerprint density at radius 1 is 1.09 bits per heavy atom. The van der Waals surface area contributed by atoms with E-state index in [-0.39, 0.29) is 10.8 Å². The van der Waals surface area contributed by atoms with Crippen LogP contribution in [0.1, 0.15) is 16.7 Å². The van der Waals surface area contributed by atoms with Gasteiger partial charge < -0.3 is 29.9 Å². The van der Waals surface area contributed by atoms with Crippen LogP contribution in [0.4, 0.5) is 23.2 Å². The molecule has 13 heteroatoms. The van der Waals surface area contributed by atoms with Gasteiger partial charge in [-0.1, -0.05) is 17.7 Å². The molecule has 0 unspecified atom stereocenters. The average Bonchev–Trinajstić information content (AvgIpc) is 3.04. The summed E-state index contributed by atoms with van der Waals surface area (Å²) >= 11 is 6.01. The molecule has 2 aromatic carbocycles. The van der Waals surface area contributed by atoms with Gasteiger partial charge in [0, 0.05) is 16.1 Å². The van der Waals surface area contributed by atoms with Crippen molar-refractivity contribution in [2.24, 2.45) is 0 Å². The minimum atomic E-state index is -4.87. The summed E-state index contributed by atoms with van der Waals surface area (Å²) in [7, 11) is 1.19. The predicted molar refractivity (Wildman–Crippen MR) is 113 cm³/mol. The number of nitrogens with zero attached hydrogens (tertiary/aromatic N) is 1. The number of benzene rings is 2. The van der Waals surface area contributed by atoms with Gasteiger partial charge in [0.2, 0.25) is 5.67 Å². The van der Waals surface area contributed by atoms with E-state index in [0.29, 0.717) is 17.0 Å². The van der Waals surface area contributed by atoms with Crippen molar-refractivity contribution in [3.05, 3.63) is 58.1 Å². The first-order valence-electron chi connectivity index (χ1n) is 10.2. The van der Waals surface area contributed by atoms with Gasteiger partial charge in [-0.2, -0.15) is 13.2 Å². The largest absolute Gasteiger partial charge is 0.496 e. The highest BCUT2D eigenvalue weighted by atomic mass is 35.5. The molecule has 0 spiro atoms. The molecule has 6 atom stereocenters. The van der Waals surface area contributed by atoms with Crippen LogP contribution in [0.5, 0.6) is 5.75 Å². The zero-order valence-corrected chi connectivity index (χ0v) is 18.7. The number of fused-ring (bicyclic) bond motifs is 1. The topological polar surface area (TPSA) is 120 Å². The van der Waals surface area contributed by atoms with Crippen LogP contribution < -0.4 is 9.64 Å². The van der Waals surface area contributed by atoms with Crippen LogP contribution in [0.25, 0.3) is 0 Å². The lowest BCUT2D eigenvalue weighted by Gasteiger charge is -2.43. The van der Waals surface area contributed by atoms with Crippen LogP contribution in [-0.4, -0.2) is 70.7 Å². The molecular formula is C22H20ClF4NO7. The number of amides is 1. The van der Waals surface area contributed by atoms with Crippen LogP contribution in [0.3, 0.4) is 0 Å². The molecule has 2 heterocycles. The molecule has 2 aromatic rings. The van der Waals surface area contributed by atoms with Crippen molar-refractivity contribution in [2.45, 2.75) is 42.5 Å². The molecular weight excluding hydrogens is 502 g/mol. The molecule has 1 fully saturated rings. The van der Waals surface area contributed by atoms with Crippen molar-refractivity contribution in [3.63, 3.8) is 0 Å². The number of methoxy groups -OCH3 is 1. The molecule has 8 nitrogen and oxygen atoms in total. The van der Waals surface area contributed by atoms with E-state index in [1.54, 1.807) is 0 Å². The van der Waals surface area contributed by atoms with E-state index >= 15 is 4.39 Å². The molecule has 0 bridgehead atoms. The van der Waals surface area contributed by atoms with E-state index in [1.165, 1.54) is 19.2 Å². The summed E-state index contributed by atoms with van der Waals surface area (Å²) in [4.78, 5) is 14.1. The minimum absolute atomic E-state index is 0.00498. The van der Waals surface area contributed by atoms with Gasteiger partial charge in [0.25, 0.3) is 5.91 Å². The van der Waals surface area contributed by atoms with Gasteiger partial charge in [-0.15, -0.1) is 0 Å². The molecule has 0 aliphatic carbocycles. The second-order valence-electron chi connectivity index (χ2n) is 8.13. The van der Waals surface area contributed by atoms with Crippen molar-refractivity contribution in [3.8, 4) is 5.75 Å². The number of aliphatic hydroxyl groups is 4. The van der Waals surface area contributed by atoms with Gasteiger partial charge in [-0.25, -0.2) is 4.39 Å². The highest BCUT2D eigenvalue weighted by Gasteiger charge is 2.60. The third-order valence-electron chi connectivity index (χ3n) is 6.12. The first kappa shape index (κ1) is 25.6. The Kier molecular flexibility index (Phi) is 6.49.